The van der Waals surface area contributed by atoms with Gasteiger partial charge in [0, 0.05) is 11.6 Å². The second kappa shape index (κ2) is 6.11. The van der Waals surface area contributed by atoms with Crippen molar-refractivity contribution >= 4 is 17.6 Å². The first-order valence-corrected chi connectivity index (χ1v) is 6.63. The highest BCUT2D eigenvalue weighted by molar-refractivity contribution is 6.30. The summed E-state index contributed by atoms with van der Waals surface area (Å²) in [4.78, 5) is 12.9. The average molecular weight is 294 g/mol. The summed E-state index contributed by atoms with van der Waals surface area (Å²) < 4.78 is 5.32. The van der Waals surface area contributed by atoms with Crippen LogP contribution >= 0.6 is 11.6 Å². The van der Waals surface area contributed by atoms with Crippen molar-refractivity contribution in [3.05, 3.63) is 58.5 Å². The molecule has 0 aliphatic heterocycles. The highest BCUT2D eigenvalue weighted by atomic mass is 35.5. The number of hydrogen-bond donors (Lipinski definition) is 1. The largest absolute Gasteiger partial charge is 0.475 e. The number of carboxylic acid groups (broad SMARTS) is 1. The fraction of sp³-hybridized carbons (Fsp3) is 0.267. The zero-order chi connectivity index (χ0) is 14.7. The summed E-state index contributed by atoms with van der Waals surface area (Å²) in [6.45, 7) is 2.67. The Balaban J connectivity index is 2.07. The van der Waals surface area contributed by atoms with Crippen LogP contribution in [0.3, 0.4) is 0 Å². The van der Waals surface area contributed by atoms with Gasteiger partial charge >= 0.3 is 5.97 Å². The van der Waals surface area contributed by atoms with E-state index in [1.807, 2.05) is 38.2 Å². The molecule has 1 N–H and O–H groups in total. The number of carboxylic acids is 1. The summed E-state index contributed by atoms with van der Waals surface area (Å²) >= 11 is 5.96. The van der Waals surface area contributed by atoms with Crippen LogP contribution in [0.4, 0.5) is 0 Å². The van der Waals surface area contributed by atoms with Gasteiger partial charge in [-0.3, -0.25) is 4.90 Å². The van der Waals surface area contributed by atoms with Gasteiger partial charge in [0.2, 0.25) is 5.76 Å². The molecule has 0 spiro atoms. The van der Waals surface area contributed by atoms with E-state index in [-0.39, 0.29) is 11.8 Å². The third-order valence-electron chi connectivity index (χ3n) is 3.23. The van der Waals surface area contributed by atoms with Gasteiger partial charge in [-0.25, -0.2) is 4.79 Å². The maximum absolute atomic E-state index is 10.8. The van der Waals surface area contributed by atoms with E-state index >= 15 is 0 Å². The molecule has 1 aromatic heterocycles. The molecule has 1 heterocycles. The van der Waals surface area contributed by atoms with Gasteiger partial charge in [0.1, 0.15) is 5.76 Å². The minimum atomic E-state index is -1.05. The van der Waals surface area contributed by atoms with Crippen molar-refractivity contribution in [2.75, 3.05) is 7.05 Å². The van der Waals surface area contributed by atoms with E-state index in [1.165, 1.54) is 6.07 Å². The number of halogens is 1. The van der Waals surface area contributed by atoms with Crippen molar-refractivity contribution in [1.82, 2.24) is 4.90 Å². The zero-order valence-electron chi connectivity index (χ0n) is 11.3. The summed E-state index contributed by atoms with van der Waals surface area (Å²) in [7, 11) is 1.95. The average Bonchev–Trinajstić information content (AvgIpc) is 2.87. The lowest BCUT2D eigenvalue weighted by atomic mass is 10.1. The van der Waals surface area contributed by atoms with Crippen molar-refractivity contribution in [2.24, 2.45) is 0 Å². The quantitative estimate of drug-likeness (QED) is 0.910. The Labute approximate surface area is 122 Å². The van der Waals surface area contributed by atoms with Gasteiger partial charge in [-0.2, -0.15) is 0 Å². The van der Waals surface area contributed by atoms with Gasteiger partial charge in [0.25, 0.3) is 0 Å². The molecule has 0 aliphatic carbocycles. The number of carbonyl (C=O) groups is 1. The Kier molecular flexibility index (Phi) is 4.47. The third kappa shape index (κ3) is 3.40. The Morgan fingerprint density at radius 3 is 2.75 bits per heavy atom. The van der Waals surface area contributed by atoms with Crippen LogP contribution < -0.4 is 0 Å². The smallest absolute Gasteiger partial charge is 0.371 e. The Morgan fingerprint density at radius 2 is 2.15 bits per heavy atom. The van der Waals surface area contributed by atoms with Crippen LogP contribution in [0, 0.1) is 0 Å². The number of aromatic carboxylic acids is 1. The van der Waals surface area contributed by atoms with Gasteiger partial charge in [-0.1, -0.05) is 23.7 Å². The monoisotopic (exact) mass is 293 g/mol. The molecule has 0 aliphatic rings. The van der Waals surface area contributed by atoms with Gasteiger partial charge in [0.15, 0.2) is 0 Å². The minimum absolute atomic E-state index is 0.0259. The molecule has 106 valence electrons. The van der Waals surface area contributed by atoms with Crippen LogP contribution in [0.5, 0.6) is 0 Å². The van der Waals surface area contributed by atoms with Crippen LogP contribution in [0.2, 0.25) is 5.02 Å². The summed E-state index contributed by atoms with van der Waals surface area (Å²) in [5.41, 5.74) is 1.09. The highest BCUT2D eigenvalue weighted by Crippen LogP contribution is 2.23. The standard InChI is InChI=1S/C15H16ClNO3/c1-10(13-6-7-14(20-13)15(18)19)17(2)9-11-4-3-5-12(16)8-11/h3-8,10H,9H2,1-2H3,(H,18,19). The SMILES string of the molecule is CC(c1ccc(C(=O)O)o1)N(C)Cc1cccc(Cl)c1. The second-order valence-corrected chi connectivity index (χ2v) is 5.16. The first-order chi connectivity index (χ1) is 9.47. The van der Waals surface area contributed by atoms with E-state index in [1.54, 1.807) is 6.07 Å². The highest BCUT2D eigenvalue weighted by Gasteiger charge is 2.18. The summed E-state index contributed by atoms with van der Waals surface area (Å²) in [6.07, 6.45) is 0. The van der Waals surface area contributed by atoms with Crippen LogP contribution in [0.25, 0.3) is 0 Å². The molecule has 2 rings (SSSR count). The summed E-state index contributed by atoms with van der Waals surface area (Å²) in [6, 6.07) is 10.8. The topological polar surface area (TPSA) is 53.7 Å². The van der Waals surface area contributed by atoms with E-state index < -0.39 is 5.97 Å². The van der Waals surface area contributed by atoms with Crippen molar-refractivity contribution in [1.29, 1.82) is 0 Å². The molecular formula is C15H16ClNO3. The summed E-state index contributed by atoms with van der Waals surface area (Å²) in [5.74, 6) is -0.462. The lowest BCUT2D eigenvalue weighted by Gasteiger charge is -2.23. The van der Waals surface area contributed by atoms with Crippen LogP contribution in [0.15, 0.2) is 40.8 Å². The molecule has 0 amide bonds. The Bertz CT molecular complexity index is 609. The Hall–Kier alpha value is -1.78. The van der Waals surface area contributed by atoms with Gasteiger partial charge in [-0.05, 0) is 43.8 Å². The molecule has 1 aromatic carbocycles. The van der Waals surface area contributed by atoms with E-state index in [4.69, 9.17) is 21.1 Å². The lowest BCUT2D eigenvalue weighted by molar-refractivity contribution is 0.0656. The van der Waals surface area contributed by atoms with E-state index in [9.17, 15) is 4.79 Å². The van der Waals surface area contributed by atoms with Gasteiger partial charge < -0.3 is 9.52 Å². The normalized spacial score (nSPS) is 12.6. The fourth-order valence-corrected chi connectivity index (χ4v) is 2.18. The predicted octanol–water partition coefficient (Wildman–Crippen LogP) is 3.82. The van der Waals surface area contributed by atoms with Crippen LogP contribution in [0.1, 0.15) is 34.8 Å². The van der Waals surface area contributed by atoms with Gasteiger partial charge in [0.05, 0.1) is 6.04 Å². The molecule has 1 atom stereocenters. The first kappa shape index (κ1) is 14.6. The fourth-order valence-electron chi connectivity index (χ4n) is 1.97. The van der Waals surface area contributed by atoms with E-state index in [2.05, 4.69) is 4.90 Å². The molecule has 0 saturated carbocycles. The maximum atomic E-state index is 10.8. The zero-order valence-corrected chi connectivity index (χ0v) is 12.1. The Morgan fingerprint density at radius 1 is 1.40 bits per heavy atom. The lowest BCUT2D eigenvalue weighted by Crippen LogP contribution is -2.21. The van der Waals surface area contributed by atoms with Crippen molar-refractivity contribution in [3.8, 4) is 0 Å². The third-order valence-corrected chi connectivity index (χ3v) is 3.47. The minimum Gasteiger partial charge on any atom is -0.475 e. The molecule has 0 radical (unpaired) electrons. The number of hydrogen-bond acceptors (Lipinski definition) is 3. The molecule has 0 fully saturated rings. The maximum Gasteiger partial charge on any atom is 0.371 e. The van der Waals surface area contributed by atoms with E-state index in [0.29, 0.717) is 17.3 Å². The van der Waals surface area contributed by atoms with E-state index in [0.717, 1.165) is 5.56 Å². The number of furan rings is 1. The molecule has 4 nitrogen and oxygen atoms in total. The molecule has 0 bridgehead atoms. The number of rotatable bonds is 5. The van der Waals surface area contributed by atoms with Crippen molar-refractivity contribution in [3.63, 3.8) is 0 Å². The first-order valence-electron chi connectivity index (χ1n) is 6.25. The number of benzene rings is 1. The number of nitrogens with zero attached hydrogens (tertiary/aromatic N) is 1. The van der Waals surface area contributed by atoms with Crippen molar-refractivity contribution in [2.45, 2.75) is 19.5 Å². The molecule has 2 aromatic rings. The van der Waals surface area contributed by atoms with Crippen molar-refractivity contribution < 1.29 is 14.3 Å². The molecule has 1 unspecified atom stereocenters. The van der Waals surface area contributed by atoms with Gasteiger partial charge in [-0.15, -0.1) is 0 Å². The van der Waals surface area contributed by atoms with Crippen LogP contribution in [-0.4, -0.2) is 23.0 Å². The van der Waals surface area contributed by atoms with Crippen LogP contribution in [-0.2, 0) is 6.54 Å². The molecular weight excluding hydrogens is 278 g/mol. The second-order valence-electron chi connectivity index (χ2n) is 4.73. The molecule has 5 heteroatoms. The summed E-state index contributed by atoms with van der Waals surface area (Å²) in [5, 5.41) is 9.57. The molecule has 0 saturated heterocycles. The molecule has 20 heavy (non-hydrogen) atoms. The predicted molar refractivity (Wildman–Crippen MR) is 77.0 cm³/mol.